The Balaban J connectivity index is 1.35. The second kappa shape index (κ2) is 7.67. The van der Waals surface area contributed by atoms with Crippen molar-refractivity contribution in [2.24, 2.45) is 5.92 Å². The number of rotatable bonds is 3. The van der Waals surface area contributed by atoms with E-state index >= 15 is 0 Å². The first kappa shape index (κ1) is 18.6. The molecule has 0 bridgehead atoms. The summed E-state index contributed by atoms with van der Waals surface area (Å²) in [5, 5.41) is 0.602. The van der Waals surface area contributed by atoms with E-state index < -0.39 is 0 Å². The molecule has 7 nitrogen and oxygen atoms in total. The third kappa shape index (κ3) is 3.62. The summed E-state index contributed by atoms with van der Waals surface area (Å²) in [6.45, 7) is 2.18. The van der Waals surface area contributed by atoms with Gasteiger partial charge in [-0.05, 0) is 36.4 Å². The Kier molecular flexibility index (Phi) is 5.09. The lowest BCUT2D eigenvalue weighted by Gasteiger charge is -2.35. The third-order valence-electron chi connectivity index (χ3n) is 5.22. The molecule has 146 valence electrons. The molecule has 3 heterocycles. The molecule has 0 aliphatic carbocycles. The average Bonchev–Trinajstić information content (AvgIpc) is 3.38. The van der Waals surface area contributed by atoms with Crippen molar-refractivity contribution in [3.63, 3.8) is 0 Å². The van der Waals surface area contributed by atoms with Crippen LogP contribution >= 0.6 is 11.6 Å². The maximum absolute atomic E-state index is 12.9. The molecule has 0 radical (unpaired) electrons. The van der Waals surface area contributed by atoms with Crippen molar-refractivity contribution in [2.45, 2.75) is 6.42 Å². The van der Waals surface area contributed by atoms with Gasteiger partial charge in [-0.25, -0.2) is 0 Å². The molecule has 2 saturated heterocycles. The maximum Gasteiger partial charge on any atom is 0.289 e. The molecule has 2 aromatic rings. The van der Waals surface area contributed by atoms with Crippen LogP contribution in [0.2, 0.25) is 5.02 Å². The van der Waals surface area contributed by atoms with E-state index in [0.717, 1.165) is 5.69 Å². The van der Waals surface area contributed by atoms with E-state index in [1.165, 1.54) is 6.26 Å². The zero-order valence-electron chi connectivity index (χ0n) is 15.2. The summed E-state index contributed by atoms with van der Waals surface area (Å²) >= 11 is 5.90. The second-order valence-electron chi connectivity index (χ2n) is 6.98. The number of halogens is 1. The van der Waals surface area contributed by atoms with E-state index in [0.29, 0.717) is 43.5 Å². The zero-order chi connectivity index (χ0) is 19.7. The second-order valence-corrected chi connectivity index (χ2v) is 7.41. The molecule has 2 aliphatic rings. The SMILES string of the molecule is O=C(c1ccco1)N1CCN(C(=O)[C@@H]2CC(=O)N(c3ccc(Cl)cc3)C2)CC1. The highest BCUT2D eigenvalue weighted by Gasteiger charge is 2.38. The van der Waals surface area contributed by atoms with Crippen molar-refractivity contribution in [1.82, 2.24) is 9.80 Å². The largest absolute Gasteiger partial charge is 0.459 e. The number of benzene rings is 1. The number of piperazine rings is 1. The summed E-state index contributed by atoms with van der Waals surface area (Å²) < 4.78 is 5.15. The van der Waals surface area contributed by atoms with Crippen LogP contribution in [-0.2, 0) is 9.59 Å². The highest BCUT2D eigenvalue weighted by molar-refractivity contribution is 6.30. The molecule has 0 spiro atoms. The van der Waals surface area contributed by atoms with Crippen LogP contribution in [0.1, 0.15) is 17.0 Å². The molecule has 8 heteroatoms. The van der Waals surface area contributed by atoms with Gasteiger partial charge in [0.2, 0.25) is 11.8 Å². The van der Waals surface area contributed by atoms with E-state index in [1.807, 2.05) is 0 Å². The predicted octanol–water partition coefficient (Wildman–Crippen LogP) is 2.27. The van der Waals surface area contributed by atoms with Crippen LogP contribution in [0.4, 0.5) is 5.69 Å². The van der Waals surface area contributed by atoms with Crippen molar-refractivity contribution in [3.05, 3.63) is 53.4 Å². The highest BCUT2D eigenvalue weighted by atomic mass is 35.5. The Hall–Kier alpha value is -2.80. The molecule has 2 aliphatic heterocycles. The first-order chi connectivity index (χ1) is 13.5. The van der Waals surface area contributed by atoms with Gasteiger partial charge in [0.15, 0.2) is 5.76 Å². The van der Waals surface area contributed by atoms with Gasteiger partial charge < -0.3 is 19.1 Å². The number of hydrogen-bond donors (Lipinski definition) is 0. The summed E-state index contributed by atoms with van der Waals surface area (Å²) in [7, 11) is 0. The van der Waals surface area contributed by atoms with Crippen LogP contribution in [0.3, 0.4) is 0 Å². The van der Waals surface area contributed by atoms with E-state index in [4.69, 9.17) is 16.0 Å². The number of anilines is 1. The van der Waals surface area contributed by atoms with Gasteiger partial charge in [0.25, 0.3) is 5.91 Å². The molecule has 2 fully saturated rings. The van der Waals surface area contributed by atoms with E-state index in [-0.39, 0.29) is 30.1 Å². The van der Waals surface area contributed by atoms with Gasteiger partial charge in [0.05, 0.1) is 12.2 Å². The molecule has 1 atom stereocenters. The van der Waals surface area contributed by atoms with Crippen molar-refractivity contribution in [2.75, 3.05) is 37.6 Å². The molecule has 0 saturated carbocycles. The Morgan fingerprint density at radius 1 is 1.00 bits per heavy atom. The fraction of sp³-hybridized carbons (Fsp3) is 0.350. The summed E-state index contributed by atoms with van der Waals surface area (Å²) in [6.07, 6.45) is 1.67. The maximum atomic E-state index is 12.9. The first-order valence-corrected chi connectivity index (χ1v) is 9.58. The molecule has 4 rings (SSSR count). The Labute approximate surface area is 167 Å². The first-order valence-electron chi connectivity index (χ1n) is 9.20. The number of amides is 3. The smallest absolute Gasteiger partial charge is 0.289 e. The van der Waals surface area contributed by atoms with Gasteiger partial charge >= 0.3 is 0 Å². The standard InChI is InChI=1S/C20H20ClN3O4/c21-15-3-5-16(6-4-15)24-13-14(12-18(24)25)19(26)22-7-9-23(10-8-22)20(27)17-2-1-11-28-17/h1-6,11,14H,7-10,12-13H2/t14-/m1/s1. The quantitative estimate of drug-likeness (QED) is 0.790. The van der Waals surface area contributed by atoms with Crippen LogP contribution in [0.25, 0.3) is 0 Å². The summed E-state index contributed by atoms with van der Waals surface area (Å²) in [5.41, 5.74) is 0.749. The fourth-order valence-electron chi connectivity index (χ4n) is 3.69. The average molecular weight is 402 g/mol. The number of carbonyl (C=O) groups is 3. The molecule has 0 N–H and O–H groups in total. The van der Waals surface area contributed by atoms with E-state index in [1.54, 1.807) is 51.1 Å². The van der Waals surface area contributed by atoms with Crippen LogP contribution in [0.5, 0.6) is 0 Å². The molecule has 1 aromatic carbocycles. The minimum atomic E-state index is -0.365. The van der Waals surface area contributed by atoms with E-state index in [2.05, 4.69) is 0 Å². The van der Waals surface area contributed by atoms with Crippen molar-refractivity contribution < 1.29 is 18.8 Å². The fourth-order valence-corrected chi connectivity index (χ4v) is 3.81. The normalized spacial score (nSPS) is 20.0. The lowest BCUT2D eigenvalue weighted by Crippen LogP contribution is -2.52. The number of hydrogen-bond acceptors (Lipinski definition) is 4. The monoisotopic (exact) mass is 401 g/mol. The van der Waals surface area contributed by atoms with Crippen LogP contribution < -0.4 is 4.90 Å². The minimum Gasteiger partial charge on any atom is -0.459 e. The molecule has 28 heavy (non-hydrogen) atoms. The van der Waals surface area contributed by atoms with Crippen LogP contribution in [-0.4, -0.2) is 60.2 Å². The van der Waals surface area contributed by atoms with Crippen molar-refractivity contribution in [3.8, 4) is 0 Å². The lowest BCUT2D eigenvalue weighted by molar-refractivity contribution is -0.137. The summed E-state index contributed by atoms with van der Waals surface area (Å²) in [6, 6.07) is 10.3. The minimum absolute atomic E-state index is 0.0325. The van der Waals surface area contributed by atoms with Gasteiger partial charge in [0.1, 0.15) is 0 Å². The summed E-state index contributed by atoms with van der Waals surface area (Å²) in [5.74, 6) is -0.320. The lowest BCUT2D eigenvalue weighted by atomic mass is 10.1. The molecule has 3 amide bonds. The number of carbonyl (C=O) groups excluding carboxylic acids is 3. The molecular formula is C20H20ClN3O4. The third-order valence-corrected chi connectivity index (χ3v) is 5.48. The van der Waals surface area contributed by atoms with Crippen molar-refractivity contribution in [1.29, 1.82) is 0 Å². The Morgan fingerprint density at radius 3 is 2.32 bits per heavy atom. The Bertz CT molecular complexity index is 873. The molecule has 0 unspecified atom stereocenters. The predicted molar refractivity (Wildman–Crippen MR) is 103 cm³/mol. The van der Waals surface area contributed by atoms with Crippen LogP contribution in [0.15, 0.2) is 47.1 Å². The topological polar surface area (TPSA) is 74.1 Å². The van der Waals surface area contributed by atoms with Crippen LogP contribution in [0, 0.1) is 5.92 Å². The van der Waals surface area contributed by atoms with E-state index in [9.17, 15) is 14.4 Å². The zero-order valence-corrected chi connectivity index (χ0v) is 16.0. The number of nitrogens with zero attached hydrogens (tertiary/aromatic N) is 3. The summed E-state index contributed by atoms with van der Waals surface area (Å²) in [4.78, 5) is 42.7. The highest BCUT2D eigenvalue weighted by Crippen LogP contribution is 2.27. The van der Waals surface area contributed by atoms with Gasteiger partial charge in [-0.15, -0.1) is 0 Å². The van der Waals surface area contributed by atoms with Gasteiger partial charge in [-0.3, -0.25) is 14.4 Å². The van der Waals surface area contributed by atoms with Crippen molar-refractivity contribution >= 4 is 35.0 Å². The number of furan rings is 1. The Morgan fingerprint density at radius 2 is 1.68 bits per heavy atom. The van der Waals surface area contributed by atoms with Gasteiger partial charge in [-0.2, -0.15) is 0 Å². The molecule has 1 aromatic heterocycles. The van der Waals surface area contributed by atoms with Gasteiger partial charge in [-0.1, -0.05) is 11.6 Å². The molecular weight excluding hydrogens is 382 g/mol. The van der Waals surface area contributed by atoms with Gasteiger partial charge in [0, 0.05) is 49.9 Å².